The Kier molecular flexibility index (Phi) is 2.42. The van der Waals surface area contributed by atoms with E-state index in [4.69, 9.17) is 4.42 Å². The molecule has 2 heteroatoms. The summed E-state index contributed by atoms with van der Waals surface area (Å²) in [6, 6.07) is 17.3. The maximum absolute atomic E-state index is 10.3. The van der Waals surface area contributed by atoms with Gasteiger partial charge in [-0.15, -0.1) is 0 Å². The van der Waals surface area contributed by atoms with Crippen molar-refractivity contribution in [3.8, 4) is 0 Å². The van der Waals surface area contributed by atoms with Gasteiger partial charge in [0, 0.05) is 5.39 Å². The Labute approximate surface area is 99.1 Å². The summed E-state index contributed by atoms with van der Waals surface area (Å²) in [5.41, 5.74) is 2.62. The Morgan fingerprint density at radius 2 is 1.71 bits per heavy atom. The molecule has 0 aliphatic carbocycles. The zero-order valence-electron chi connectivity index (χ0n) is 9.21. The first-order valence-electron chi connectivity index (χ1n) is 5.55. The van der Waals surface area contributed by atoms with Crippen LogP contribution in [-0.2, 0) is 0 Å². The fourth-order valence-corrected chi connectivity index (χ4v) is 1.98. The van der Waals surface area contributed by atoms with Gasteiger partial charge in [0.15, 0.2) is 0 Å². The summed E-state index contributed by atoms with van der Waals surface area (Å²) >= 11 is 0. The van der Waals surface area contributed by atoms with Crippen LogP contribution in [0, 0.1) is 0 Å². The zero-order chi connectivity index (χ0) is 11.7. The van der Waals surface area contributed by atoms with Crippen LogP contribution >= 0.6 is 0 Å². The average Bonchev–Trinajstić information content (AvgIpc) is 2.86. The van der Waals surface area contributed by atoms with Gasteiger partial charge in [-0.3, -0.25) is 0 Å². The minimum Gasteiger partial charge on any atom is -0.464 e. The number of fused-ring (bicyclic) bond motifs is 1. The first-order chi connectivity index (χ1) is 8.34. The van der Waals surface area contributed by atoms with Crippen molar-refractivity contribution in [2.45, 2.75) is 6.10 Å². The highest BCUT2D eigenvalue weighted by Gasteiger charge is 2.10. The summed E-state index contributed by atoms with van der Waals surface area (Å²) in [4.78, 5) is 0. The second kappa shape index (κ2) is 4.07. The van der Waals surface area contributed by atoms with Crippen LogP contribution in [0.15, 0.2) is 65.3 Å². The summed E-state index contributed by atoms with van der Waals surface area (Å²) < 4.78 is 5.28. The molecule has 0 amide bonds. The van der Waals surface area contributed by atoms with Gasteiger partial charge in [-0.25, -0.2) is 0 Å². The Hall–Kier alpha value is -2.06. The molecule has 1 atom stereocenters. The molecular weight excluding hydrogens is 212 g/mol. The van der Waals surface area contributed by atoms with Crippen molar-refractivity contribution >= 4 is 11.0 Å². The van der Waals surface area contributed by atoms with Crippen molar-refractivity contribution in [2.75, 3.05) is 0 Å². The van der Waals surface area contributed by atoms with E-state index < -0.39 is 6.10 Å². The highest BCUT2D eigenvalue weighted by atomic mass is 16.3. The van der Waals surface area contributed by atoms with E-state index in [1.54, 1.807) is 6.26 Å². The van der Waals surface area contributed by atoms with E-state index in [9.17, 15) is 5.11 Å². The highest BCUT2D eigenvalue weighted by Crippen LogP contribution is 2.25. The largest absolute Gasteiger partial charge is 0.464 e. The minimum atomic E-state index is -0.588. The molecule has 17 heavy (non-hydrogen) atoms. The van der Waals surface area contributed by atoms with Crippen molar-refractivity contribution in [3.63, 3.8) is 0 Å². The predicted molar refractivity (Wildman–Crippen MR) is 66.7 cm³/mol. The molecule has 0 bridgehead atoms. The van der Waals surface area contributed by atoms with Gasteiger partial charge in [-0.2, -0.15) is 0 Å². The van der Waals surface area contributed by atoms with Gasteiger partial charge in [0.1, 0.15) is 11.7 Å². The van der Waals surface area contributed by atoms with E-state index in [1.807, 2.05) is 54.6 Å². The number of hydrogen-bond acceptors (Lipinski definition) is 2. The molecule has 1 heterocycles. The van der Waals surface area contributed by atoms with E-state index in [0.29, 0.717) is 0 Å². The molecule has 0 fully saturated rings. The van der Waals surface area contributed by atoms with Crippen LogP contribution in [0.2, 0.25) is 0 Å². The van der Waals surface area contributed by atoms with Gasteiger partial charge in [0.05, 0.1) is 6.26 Å². The fourth-order valence-electron chi connectivity index (χ4n) is 1.98. The van der Waals surface area contributed by atoms with Gasteiger partial charge in [-0.05, 0) is 29.3 Å². The Morgan fingerprint density at radius 3 is 2.53 bits per heavy atom. The molecule has 0 aliphatic heterocycles. The monoisotopic (exact) mass is 224 g/mol. The van der Waals surface area contributed by atoms with Crippen molar-refractivity contribution in [3.05, 3.63) is 72.0 Å². The van der Waals surface area contributed by atoms with Gasteiger partial charge in [0.25, 0.3) is 0 Å². The highest BCUT2D eigenvalue weighted by molar-refractivity contribution is 5.77. The summed E-state index contributed by atoms with van der Waals surface area (Å²) in [5, 5.41) is 11.3. The van der Waals surface area contributed by atoms with Gasteiger partial charge in [0.2, 0.25) is 0 Å². The standard InChI is InChI=1S/C15H12O2/c16-15(11-4-2-1-3-5-11)13-6-7-14-12(10-13)8-9-17-14/h1-10,15-16H. The molecule has 2 nitrogen and oxygen atoms in total. The normalized spacial score (nSPS) is 12.8. The molecule has 3 rings (SSSR count). The maximum atomic E-state index is 10.3. The third-order valence-electron chi connectivity index (χ3n) is 2.91. The summed E-state index contributed by atoms with van der Waals surface area (Å²) in [6.07, 6.45) is 1.07. The molecular formula is C15H12O2. The third kappa shape index (κ3) is 1.83. The van der Waals surface area contributed by atoms with Crippen LogP contribution in [0.5, 0.6) is 0 Å². The maximum Gasteiger partial charge on any atom is 0.133 e. The van der Waals surface area contributed by atoms with E-state index in [2.05, 4.69) is 0 Å². The van der Waals surface area contributed by atoms with Gasteiger partial charge >= 0.3 is 0 Å². The van der Waals surface area contributed by atoms with Crippen LogP contribution in [0.25, 0.3) is 11.0 Å². The number of rotatable bonds is 2. The number of hydrogen-bond donors (Lipinski definition) is 1. The smallest absolute Gasteiger partial charge is 0.133 e. The van der Waals surface area contributed by atoms with E-state index in [-0.39, 0.29) is 0 Å². The Bertz CT molecular complexity index is 625. The summed E-state index contributed by atoms with van der Waals surface area (Å²) in [5.74, 6) is 0. The molecule has 2 aromatic carbocycles. The van der Waals surface area contributed by atoms with Crippen LogP contribution in [0.1, 0.15) is 17.2 Å². The topological polar surface area (TPSA) is 33.4 Å². The lowest BCUT2D eigenvalue weighted by molar-refractivity contribution is 0.220. The van der Waals surface area contributed by atoms with Crippen LogP contribution in [0.3, 0.4) is 0 Å². The second-order valence-electron chi connectivity index (χ2n) is 4.03. The third-order valence-corrected chi connectivity index (χ3v) is 2.91. The van der Waals surface area contributed by atoms with Crippen molar-refractivity contribution in [2.24, 2.45) is 0 Å². The first kappa shape index (κ1) is 10.1. The molecule has 3 aromatic rings. The van der Waals surface area contributed by atoms with Gasteiger partial charge in [-0.1, -0.05) is 36.4 Å². The molecule has 0 aliphatic rings. The lowest BCUT2D eigenvalue weighted by Gasteiger charge is -2.11. The Balaban J connectivity index is 2.03. The molecule has 1 aromatic heterocycles. The van der Waals surface area contributed by atoms with Crippen LogP contribution in [-0.4, -0.2) is 5.11 Å². The molecule has 0 saturated carbocycles. The minimum absolute atomic E-state index is 0.588. The average molecular weight is 224 g/mol. The number of furan rings is 1. The lowest BCUT2D eigenvalue weighted by Crippen LogP contribution is -1.98. The number of benzene rings is 2. The molecule has 1 N–H and O–H groups in total. The van der Waals surface area contributed by atoms with Crippen LogP contribution in [0.4, 0.5) is 0 Å². The van der Waals surface area contributed by atoms with E-state index >= 15 is 0 Å². The SMILES string of the molecule is OC(c1ccccc1)c1ccc2occc2c1. The van der Waals surface area contributed by atoms with Crippen LogP contribution < -0.4 is 0 Å². The Morgan fingerprint density at radius 1 is 0.882 bits per heavy atom. The van der Waals surface area contributed by atoms with E-state index in [1.165, 1.54) is 0 Å². The summed E-state index contributed by atoms with van der Waals surface area (Å²) in [7, 11) is 0. The molecule has 1 unspecified atom stereocenters. The zero-order valence-corrected chi connectivity index (χ0v) is 9.21. The van der Waals surface area contributed by atoms with Gasteiger partial charge < -0.3 is 9.52 Å². The number of aliphatic hydroxyl groups excluding tert-OH is 1. The van der Waals surface area contributed by atoms with Crippen molar-refractivity contribution in [1.82, 2.24) is 0 Å². The van der Waals surface area contributed by atoms with Crippen molar-refractivity contribution in [1.29, 1.82) is 0 Å². The van der Waals surface area contributed by atoms with E-state index in [0.717, 1.165) is 22.1 Å². The quantitative estimate of drug-likeness (QED) is 0.722. The predicted octanol–water partition coefficient (Wildman–Crippen LogP) is 3.51. The second-order valence-corrected chi connectivity index (χ2v) is 4.03. The summed E-state index contributed by atoms with van der Waals surface area (Å²) in [6.45, 7) is 0. The number of aliphatic hydroxyl groups is 1. The molecule has 0 saturated heterocycles. The molecule has 84 valence electrons. The molecule has 0 spiro atoms. The van der Waals surface area contributed by atoms with Crippen molar-refractivity contribution < 1.29 is 9.52 Å². The molecule has 0 radical (unpaired) electrons. The fraction of sp³-hybridized carbons (Fsp3) is 0.0667. The lowest BCUT2D eigenvalue weighted by atomic mass is 10.0. The first-order valence-corrected chi connectivity index (χ1v) is 5.55.